The highest BCUT2D eigenvalue weighted by atomic mass is 16.5. The molecular formula is C22H31N9O. The number of hydrogen-bond donors (Lipinski definition) is 0. The summed E-state index contributed by atoms with van der Waals surface area (Å²) in [5.41, 5.74) is 3.77. The molecule has 0 aliphatic heterocycles. The summed E-state index contributed by atoms with van der Waals surface area (Å²) in [4.78, 5) is 2.35. The molecule has 0 saturated heterocycles. The van der Waals surface area contributed by atoms with Gasteiger partial charge in [-0.2, -0.15) is 4.52 Å². The first kappa shape index (κ1) is 22.2. The van der Waals surface area contributed by atoms with E-state index in [0.29, 0.717) is 13.2 Å². The van der Waals surface area contributed by atoms with Gasteiger partial charge >= 0.3 is 0 Å². The van der Waals surface area contributed by atoms with Crippen LogP contribution in [0.1, 0.15) is 57.1 Å². The third-order valence-electron chi connectivity index (χ3n) is 5.78. The van der Waals surface area contributed by atoms with Gasteiger partial charge in [0.25, 0.3) is 0 Å². The van der Waals surface area contributed by atoms with E-state index in [1.807, 2.05) is 9.20 Å². The zero-order valence-corrected chi connectivity index (χ0v) is 19.6. The highest BCUT2D eigenvalue weighted by molar-refractivity contribution is 5.85. The van der Waals surface area contributed by atoms with Gasteiger partial charge in [-0.15, -0.1) is 10.2 Å². The standard InChI is InChI=1S/C22H31N9O/c1-7-18(21-24-26-28-31(21)22(3,4)5)29(11-12-32-6)14-17-13-16-10-8-9-15(2)19(16)30-20(17)23-25-27-30/h8-10,13,18H,7,11-12,14H2,1-6H3. The van der Waals surface area contributed by atoms with Crippen LogP contribution in [0.2, 0.25) is 0 Å². The van der Waals surface area contributed by atoms with Crippen molar-refractivity contribution in [2.45, 2.75) is 59.2 Å². The zero-order valence-electron chi connectivity index (χ0n) is 19.6. The van der Waals surface area contributed by atoms with Crippen molar-refractivity contribution in [3.63, 3.8) is 0 Å². The fraction of sp³-hybridized carbons (Fsp3) is 0.545. The average molecular weight is 438 g/mol. The summed E-state index contributed by atoms with van der Waals surface area (Å²) < 4.78 is 9.19. The third-order valence-corrected chi connectivity index (χ3v) is 5.78. The number of para-hydroxylation sites is 1. The van der Waals surface area contributed by atoms with Gasteiger partial charge in [0.05, 0.1) is 23.7 Å². The van der Waals surface area contributed by atoms with E-state index in [-0.39, 0.29) is 11.6 Å². The Labute approximate surface area is 187 Å². The quantitative estimate of drug-likeness (QED) is 0.415. The molecule has 4 rings (SSSR count). The SMILES string of the molecule is CCC(c1nnnn1C(C)(C)C)N(CCOC)Cc1cc2cccc(C)c2n2nnnc12. The van der Waals surface area contributed by atoms with Gasteiger partial charge in [-0.25, -0.2) is 4.68 Å². The Morgan fingerprint density at radius 2 is 1.91 bits per heavy atom. The number of ether oxygens (including phenoxy) is 1. The predicted molar refractivity (Wildman–Crippen MR) is 121 cm³/mol. The number of aromatic nitrogens is 8. The molecule has 0 aliphatic carbocycles. The van der Waals surface area contributed by atoms with Crippen molar-refractivity contribution in [2.24, 2.45) is 0 Å². The largest absolute Gasteiger partial charge is 0.383 e. The van der Waals surface area contributed by atoms with Crippen molar-refractivity contribution in [1.82, 2.24) is 45.1 Å². The van der Waals surface area contributed by atoms with Gasteiger partial charge in [0, 0.05) is 31.1 Å². The molecule has 10 heteroatoms. The molecule has 32 heavy (non-hydrogen) atoms. The van der Waals surface area contributed by atoms with E-state index in [4.69, 9.17) is 4.74 Å². The van der Waals surface area contributed by atoms with Crippen LogP contribution in [0.3, 0.4) is 0 Å². The van der Waals surface area contributed by atoms with Crippen molar-refractivity contribution in [3.05, 3.63) is 41.2 Å². The molecule has 3 aromatic heterocycles. The van der Waals surface area contributed by atoms with Crippen molar-refractivity contribution in [3.8, 4) is 0 Å². The van der Waals surface area contributed by atoms with Crippen LogP contribution in [-0.4, -0.2) is 65.4 Å². The zero-order chi connectivity index (χ0) is 22.9. The maximum atomic E-state index is 5.43. The van der Waals surface area contributed by atoms with E-state index in [1.165, 1.54) is 0 Å². The van der Waals surface area contributed by atoms with Crippen LogP contribution in [-0.2, 0) is 16.8 Å². The van der Waals surface area contributed by atoms with Crippen LogP contribution >= 0.6 is 0 Å². The Kier molecular flexibility index (Phi) is 6.16. The van der Waals surface area contributed by atoms with Gasteiger partial charge in [-0.1, -0.05) is 25.1 Å². The van der Waals surface area contributed by atoms with Crippen LogP contribution in [0.15, 0.2) is 24.3 Å². The Balaban J connectivity index is 1.79. The van der Waals surface area contributed by atoms with Gasteiger partial charge in [-0.3, -0.25) is 4.90 Å². The highest BCUT2D eigenvalue weighted by Crippen LogP contribution is 2.29. The van der Waals surface area contributed by atoms with Crippen molar-refractivity contribution in [2.75, 3.05) is 20.3 Å². The Bertz CT molecular complexity index is 1210. The second kappa shape index (κ2) is 8.87. The second-order valence-electron chi connectivity index (χ2n) is 9.10. The molecule has 10 nitrogen and oxygen atoms in total. The lowest BCUT2D eigenvalue weighted by Gasteiger charge is -2.32. The average Bonchev–Trinajstić information content (AvgIpc) is 3.42. The number of tetrazole rings is 2. The number of benzene rings is 1. The molecule has 1 atom stereocenters. The van der Waals surface area contributed by atoms with E-state index >= 15 is 0 Å². The molecular weight excluding hydrogens is 406 g/mol. The summed E-state index contributed by atoms with van der Waals surface area (Å²) in [7, 11) is 1.72. The van der Waals surface area contributed by atoms with E-state index < -0.39 is 0 Å². The topological polar surface area (TPSA) is 99.2 Å². The van der Waals surface area contributed by atoms with E-state index in [2.05, 4.69) is 94.8 Å². The third kappa shape index (κ3) is 4.07. The normalized spacial score (nSPS) is 13.5. The molecule has 0 amide bonds. The molecule has 170 valence electrons. The first-order valence-electron chi connectivity index (χ1n) is 11.0. The minimum absolute atomic E-state index is 0.0171. The maximum absolute atomic E-state index is 5.43. The van der Waals surface area contributed by atoms with E-state index in [0.717, 1.165) is 46.5 Å². The minimum Gasteiger partial charge on any atom is -0.383 e. The molecule has 3 heterocycles. The molecule has 1 unspecified atom stereocenters. The van der Waals surface area contributed by atoms with Crippen LogP contribution in [0.25, 0.3) is 16.6 Å². The smallest absolute Gasteiger partial charge is 0.184 e. The molecule has 0 aliphatic rings. The maximum Gasteiger partial charge on any atom is 0.184 e. The molecule has 0 spiro atoms. The van der Waals surface area contributed by atoms with E-state index in [9.17, 15) is 0 Å². The summed E-state index contributed by atoms with van der Waals surface area (Å²) in [5.74, 6) is 0.850. The highest BCUT2D eigenvalue weighted by Gasteiger charge is 2.29. The van der Waals surface area contributed by atoms with Gasteiger partial charge in [0.1, 0.15) is 0 Å². The Morgan fingerprint density at radius 3 is 2.62 bits per heavy atom. The van der Waals surface area contributed by atoms with Crippen LogP contribution < -0.4 is 0 Å². The van der Waals surface area contributed by atoms with Gasteiger partial charge < -0.3 is 4.74 Å². The molecule has 0 saturated carbocycles. The minimum atomic E-state index is -0.218. The summed E-state index contributed by atoms with van der Waals surface area (Å²) in [6.45, 7) is 12.5. The predicted octanol–water partition coefficient (Wildman–Crippen LogP) is 2.93. The van der Waals surface area contributed by atoms with Crippen LogP contribution in [0.5, 0.6) is 0 Å². The van der Waals surface area contributed by atoms with Crippen molar-refractivity contribution >= 4 is 16.6 Å². The van der Waals surface area contributed by atoms with Crippen LogP contribution in [0.4, 0.5) is 0 Å². The van der Waals surface area contributed by atoms with Gasteiger partial charge in [-0.05, 0) is 66.6 Å². The number of hydrogen-bond acceptors (Lipinski definition) is 8. The first-order valence-corrected chi connectivity index (χ1v) is 11.0. The first-order chi connectivity index (χ1) is 15.3. The number of nitrogens with zero attached hydrogens (tertiary/aromatic N) is 9. The molecule has 0 fully saturated rings. The number of rotatable bonds is 8. The second-order valence-corrected chi connectivity index (χ2v) is 9.10. The van der Waals surface area contributed by atoms with Crippen molar-refractivity contribution in [1.29, 1.82) is 0 Å². The fourth-order valence-electron chi connectivity index (χ4n) is 4.25. The summed E-state index contributed by atoms with van der Waals surface area (Å²) in [6.07, 6.45) is 0.855. The lowest BCUT2D eigenvalue weighted by atomic mass is 10.1. The Morgan fingerprint density at radius 1 is 1.12 bits per heavy atom. The number of aryl methyl sites for hydroxylation is 1. The van der Waals surface area contributed by atoms with Crippen molar-refractivity contribution < 1.29 is 4.74 Å². The molecule has 4 aromatic rings. The Hall–Kier alpha value is -2.98. The molecule has 1 aromatic carbocycles. The van der Waals surface area contributed by atoms with Crippen LogP contribution in [0, 0.1) is 6.92 Å². The monoisotopic (exact) mass is 437 g/mol. The molecule has 0 radical (unpaired) electrons. The fourth-order valence-corrected chi connectivity index (χ4v) is 4.25. The summed E-state index contributed by atoms with van der Waals surface area (Å²) >= 11 is 0. The summed E-state index contributed by atoms with van der Waals surface area (Å²) in [6, 6.07) is 8.45. The van der Waals surface area contributed by atoms with Gasteiger partial charge in [0.2, 0.25) is 0 Å². The molecule has 0 N–H and O–H groups in total. The summed E-state index contributed by atoms with van der Waals surface area (Å²) in [5, 5.41) is 26.4. The van der Waals surface area contributed by atoms with Gasteiger partial charge in [0.15, 0.2) is 11.5 Å². The number of fused-ring (bicyclic) bond motifs is 3. The number of pyridine rings is 1. The number of methoxy groups -OCH3 is 1. The lowest BCUT2D eigenvalue weighted by molar-refractivity contribution is 0.104. The lowest BCUT2D eigenvalue weighted by Crippen LogP contribution is -2.36. The molecule has 0 bridgehead atoms. The van der Waals surface area contributed by atoms with E-state index in [1.54, 1.807) is 7.11 Å².